The van der Waals surface area contributed by atoms with Gasteiger partial charge in [-0.25, -0.2) is 0 Å². The number of carboxylic acid groups (broad SMARTS) is 1. The Bertz CT molecular complexity index is 515. The number of nitro groups is 1. The van der Waals surface area contributed by atoms with Gasteiger partial charge in [0, 0.05) is 24.6 Å². The topological polar surface area (TPSA) is 110 Å². The van der Waals surface area contributed by atoms with Crippen molar-refractivity contribution >= 4 is 17.6 Å². The Labute approximate surface area is 115 Å². The van der Waals surface area contributed by atoms with Crippen LogP contribution in [0.2, 0.25) is 0 Å². The summed E-state index contributed by atoms with van der Waals surface area (Å²) in [6, 6.07) is 5.65. The van der Waals surface area contributed by atoms with Crippen molar-refractivity contribution < 1.29 is 19.6 Å². The van der Waals surface area contributed by atoms with Gasteiger partial charge in [0.2, 0.25) is 5.91 Å². The van der Waals surface area contributed by atoms with Gasteiger partial charge in [-0.15, -0.1) is 0 Å². The Morgan fingerprint density at radius 3 is 2.75 bits per heavy atom. The number of carbonyl (C=O) groups excluding carboxylic acids is 1. The van der Waals surface area contributed by atoms with E-state index in [1.165, 1.54) is 12.1 Å². The second kappa shape index (κ2) is 7.22. The van der Waals surface area contributed by atoms with Crippen LogP contribution in [0.3, 0.4) is 0 Å². The second-order valence-corrected chi connectivity index (χ2v) is 4.49. The summed E-state index contributed by atoms with van der Waals surface area (Å²) in [5, 5.41) is 21.7. The molecule has 1 amide bonds. The lowest BCUT2D eigenvalue weighted by Crippen LogP contribution is -2.34. The molecule has 0 spiro atoms. The van der Waals surface area contributed by atoms with Crippen molar-refractivity contribution in [3.05, 3.63) is 39.9 Å². The first kappa shape index (κ1) is 15.6. The molecular weight excluding hydrogens is 264 g/mol. The minimum absolute atomic E-state index is 0.0119. The van der Waals surface area contributed by atoms with Crippen LogP contribution >= 0.6 is 0 Å². The summed E-state index contributed by atoms with van der Waals surface area (Å²) < 4.78 is 0. The second-order valence-electron chi connectivity index (χ2n) is 4.49. The molecule has 0 aliphatic heterocycles. The van der Waals surface area contributed by atoms with E-state index in [2.05, 4.69) is 5.32 Å². The Hall–Kier alpha value is -2.44. The summed E-state index contributed by atoms with van der Waals surface area (Å²) in [4.78, 5) is 32.2. The molecule has 108 valence electrons. The molecule has 0 radical (unpaired) electrons. The predicted molar refractivity (Wildman–Crippen MR) is 71.3 cm³/mol. The van der Waals surface area contributed by atoms with Crippen molar-refractivity contribution in [2.45, 2.75) is 32.2 Å². The number of amides is 1. The van der Waals surface area contributed by atoms with Crippen LogP contribution in [0.4, 0.5) is 5.69 Å². The number of nitrogens with zero attached hydrogens (tertiary/aromatic N) is 1. The fourth-order valence-corrected chi connectivity index (χ4v) is 1.74. The summed E-state index contributed by atoms with van der Waals surface area (Å²) in [5.41, 5.74) is 0.683. The van der Waals surface area contributed by atoms with Crippen LogP contribution in [0, 0.1) is 10.1 Å². The molecule has 7 nitrogen and oxygen atoms in total. The van der Waals surface area contributed by atoms with Gasteiger partial charge in [0.15, 0.2) is 0 Å². The quantitative estimate of drug-likeness (QED) is 0.581. The third-order valence-electron chi connectivity index (χ3n) is 2.65. The average molecular weight is 280 g/mol. The molecule has 1 unspecified atom stereocenters. The van der Waals surface area contributed by atoms with Gasteiger partial charge < -0.3 is 10.4 Å². The molecule has 7 heteroatoms. The minimum Gasteiger partial charge on any atom is -0.481 e. The Morgan fingerprint density at radius 1 is 1.45 bits per heavy atom. The fourth-order valence-electron chi connectivity index (χ4n) is 1.74. The zero-order valence-electron chi connectivity index (χ0n) is 11.0. The average Bonchev–Trinajstić information content (AvgIpc) is 2.35. The highest BCUT2D eigenvalue weighted by Gasteiger charge is 2.11. The molecule has 0 heterocycles. The van der Waals surface area contributed by atoms with Gasteiger partial charge in [-0.2, -0.15) is 0 Å². The van der Waals surface area contributed by atoms with Gasteiger partial charge in [-0.1, -0.05) is 12.1 Å². The summed E-state index contributed by atoms with van der Waals surface area (Å²) >= 11 is 0. The van der Waals surface area contributed by atoms with Crippen molar-refractivity contribution in [3.8, 4) is 0 Å². The SMILES string of the molecule is CC(CC(=O)O)NC(=O)CCc1cccc([N+](=O)[O-])c1. The number of carbonyl (C=O) groups is 2. The molecule has 1 aromatic rings. The Morgan fingerprint density at radius 2 is 2.15 bits per heavy atom. The zero-order chi connectivity index (χ0) is 15.1. The van der Waals surface area contributed by atoms with Crippen molar-refractivity contribution in [1.29, 1.82) is 0 Å². The monoisotopic (exact) mass is 280 g/mol. The van der Waals surface area contributed by atoms with Crippen molar-refractivity contribution in [1.82, 2.24) is 5.32 Å². The van der Waals surface area contributed by atoms with Gasteiger partial charge in [0.1, 0.15) is 0 Å². The van der Waals surface area contributed by atoms with Crippen molar-refractivity contribution in [2.75, 3.05) is 0 Å². The van der Waals surface area contributed by atoms with Crippen LogP contribution in [0.1, 0.15) is 25.3 Å². The van der Waals surface area contributed by atoms with E-state index in [4.69, 9.17) is 5.11 Å². The van der Waals surface area contributed by atoms with E-state index in [1.807, 2.05) is 0 Å². The van der Waals surface area contributed by atoms with E-state index >= 15 is 0 Å². The van der Waals surface area contributed by atoms with E-state index < -0.39 is 16.9 Å². The third kappa shape index (κ3) is 5.47. The van der Waals surface area contributed by atoms with Crippen molar-refractivity contribution in [3.63, 3.8) is 0 Å². The van der Waals surface area contributed by atoms with E-state index in [1.54, 1.807) is 19.1 Å². The third-order valence-corrected chi connectivity index (χ3v) is 2.65. The van der Waals surface area contributed by atoms with Gasteiger partial charge in [-0.3, -0.25) is 19.7 Å². The number of hydrogen-bond acceptors (Lipinski definition) is 4. The summed E-state index contributed by atoms with van der Waals surface area (Å²) in [5.74, 6) is -1.25. The highest BCUT2D eigenvalue weighted by Crippen LogP contribution is 2.14. The molecule has 0 fully saturated rings. The predicted octanol–water partition coefficient (Wildman–Crippen LogP) is 1.51. The van der Waals surface area contributed by atoms with Crippen LogP contribution in [0.15, 0.2) is 24.3 Å². The number of carboxylic acids is 1. The first-order valence-corrected chi connectivity index (χ1v) is 6.13. The first-order valence-electron chi connectivity index (χ1n) is 6.13. The molecule has 0 saturated heterocycles. The molecule has 1 aromatic carbocycles. The molecule has 1 rings (SSSR count). The lowest BCUT2D eigenvalue weighted by molar-refractivity contribution is -0.384. The normalized spacial score (nSPS) is 11.7. The number of benzene rings is 1. The number of aryl methyl sites for hydroxylation is 1. The van der Waals surface area contributed by atoms with Gasteiger partial charge in [0.05, 0.1) is 11.3 Å². The number of hydrogen-bond donors (Lipinski definition) is 2. The maximum atomic E-state index is 11.6. The molecule has 2 N–H and O–H groups in total. The number of nitro benzene ring substituents is 1. The maximum absolute atomic E-state index is 11.6. The fraction of sp³-hybridized carbons (Fsp3) is 0.385. The number of aliphatic carboxylic acids is 1. The molecular formula is C13H16N2O5. The number of non-ortho nitro benzene ring substituents is 1. The van der Waals surface area contributed by atoms with Crippen LogP contribution in [0.25, 0.3) is 0 Å². The molecule has 0 aliphatic carbocycles. The smallest absolute Gasteiger partial charge is 0.305 e. The van der Waals surface area contributed by atoms with Gasteiger partial charge >= 0.3 is 5.97 Å². The Kier molecular flexibility index (Phi) is 5.64. The highest BCUT2D eigenvalue weighted by molar-refractivity contribution is 5.77. The highest BCUT2D eigenvalue weighted by atomic mass is 16.6. The molecule has 1 atom stereocenters. The standard InChI is InChI=1S/C13H16N2O5/c1-9(7-13(17)18)14-12(16)6-5-10-3-2-4-11(8-10)15(19)20/h2-4,8-9H,5-7H2,1H3,(H,14,16)(H,17,18). The van der Waals surface area contributed by atoms with Crippen LogP contribution in [-0.2, 0) is 16.0 Å². The summed E-state index contributed by atoms with van der Waals surface area (Å²) in [7, 11) is 0. The molecule has 0 saturated carbocycles. The van der Waals surface area contributed by atoms with Gasteiger partial charge in [-0.05, 0) is 18.9 Å². The first-order chi connectivity index (χ1) is 9.38. The van der Waals surface area contributed by atoms with E-state index in [-0.39, 0.29) is 24.4 Å². The molecule has 0 aromatic heterocycles. The zero-order valence-corrected chi connectivity index (χ0v) is 11.0. The molecule has 0 aliphatic rings. The van der Waals surface area contributed by atoms with Crippen LogP contribution < -0.4 is 5.32 Å². The molecule has 0 bridgehead atoms. The largest absolute Gasteiger partial charge is 0.481 e. The lowest BCUT2D eigenvalue weighted by Gasteiger charge is -2.11. The van der Waals surface area contributed by atoms with E-state index in [0.717, 1.165) is 0 Å². The van der Waals surface area contributed by atoms with Crippen LogP contribution in [-0.4, -0.2) is 27.9 Å². The maximum Gasteiger partial charge on any atom is 0.305 e. The summed E-state index contributed by atoms with van der Waals surface area (Å²) in [6.45, 7) is 1.61. The van der Waals surface area contributed by atoms with Gasteiger partial charge in [0.25, 0.3) is 5.69 Å². The molecule has 20 heavy (non-hydrogen) atoms. The summed E-state index contributed by atoms with van der Waals surface area (Å²) in [6.07, 6.45) is 0.390. The van der Waals surface area contributed by atoms with Crippen LogP contribution in [0.5, 0.6) is 0 Å². The van der Waals surface area contributed by atoms with Crippen molar-refractivity contribution in [2.24, 2.45) is 0 Å². The van der Waals surface area contributed by atoms with E-state index in [0.29, 0.717) is 12.0 Å². The lowest BCUT2D eigenvalue weighted by atomic mass is 10.1. The Balaban J connectivity index is 2.46. The minimum atomic E-state index is -0.975. The number of rotatable bonds is 7. The van der Waals surface area contributed by atoms with E-state index in [9.17, 15) is 19.7 Å². The number of nitrogens with one attached hydrogen (secondary N) is 1.